The Kier molecular flexibility index (Phi) is 3.91. The Balaban J connectivity index is 2.70. The molecule has 0 bridgehead atoms. The first-order valence-corrected chi connectivity index (χ1v) is 4.69. The first-order valence-electron chi connectivity index (χ1n) is 4.31. The Bertz CT molecular complexity index is 379. The topological polar surface area (TPSA) is 46.5 Å². The summed E-state index contributed by atoms with van der Waals surface area (Å²) in [5.74, 6) is -1.76. The third-order valence-electron chi connectivity index (χ3n) is 1.82. The van der Waals surface area contributed by atoms with Crippen molar-refractivity contribution in [2.45, 2.75) is 13.3 Å². The number of hydrogen-bond donors (Lipinski definition) is 1. The number of phenolic OH excluding ortho intramolecular Hbond substituents is 1. The lowest BCUT2D eigenvalue weighted by Crippen LogP contribution is -2.04. The quantitative estimate of drug-likeness (QED) is 0.814. The van der Waals surface area contributed by atoms with Gasteiger partial charge in [-0.15, -0.1) is 0 Å². The summed E-state index contributed by atoms with van der Waals surface area (Å²) in [5.41, 5.74) is 0.262. The van der Waals surface area contributed by atoms with Crippen molar-refractivity contribution < 1.29 is 19.0 Å². The van der Waals surface area contributed by atoms with E-state index < -0.39 is 17.5 Å². The molecular formula is C10H10ClFO3. The van der Waals surface area contributed by atoms with Crippen molar-refractivity contribution >= 4 is 17.6 Å². The smallest absolute Gasteiger partial charge is 0.302 e. The molecule has 3 nitrogen and oxygen atoms in total. The summed E-state index contributed by atoms with van der Waals surface area (Å²) in [6, 6.07) is 2.84. The van der Waals surface area contributed by atoms with Gasteiger partial charge in [0, 0.05) is 13.3 Å². The molecule has 0 atom stereocenters. The molecule has 0 aliphatic heterocycles. The van der Waals surface area contributed by atoms with E-state index in [9.17, 15) is 14.3 Å². The average molecular weight is 233 g/mol. The number of rotatable bonds is 3. The molecule has 0 saturated heterocycles. The van der Waals surface area contributed by atoms with E-state index in [0.717, 1.165) is 0 Å². The molecule has 1 aromatic rings. The highest BCUT2D eigenvalue weighted by Crippen LogP contribution is 2.28. The number of ether oxygens (including phenoxy) is 1. The second kappa shape index (κ2) is 4.98. The van der Waals surface area contributed by atoms with Crippen LogP contribution in [-0.4, -0.2) is 17.7 Å². The first kappa shape index (κ1) is 11.8. The summed E-state index contributed by atoms with van der Waals surface area (Å²) in [7, 11) is 0. The zero-order chi connectivity index (χ0) is 11.4. The van der Waals surface area contributed by atoms with Gasteiger partial charge < -0.3 is 9.84 Å². The molecule has 0 fully saturated rings. The van der Waals surface area contributed by atoms with Gasteiger partial charge >= 0.3 is 5.97 Å². The van der Waals surface area contributed by atoms with E-state index in [1.165, 1.54) is 19.1 Å². The molecule has 82 valence electrons. The van der Waals surface area contributed by atoms with E-state index in [1.807, 2.05) is 0 Å². The molecule has 1 N–H and O–H groups in total. The predicted molar refractivity (Wildman–Crippen MR) is 53.4 cm³/mol. The van der Waals surface area contributed by atoms with Gasteiger partial charge in [-0.25, -0.2) is 4.39 Å². The second-order valence-electron chi connectivity index (χ2n) is 2.96. The van der Waals surface area contributed by atoms with Crippen molar-refractivity contribution in [3.8, 4) is 5.75 Å². The maximum absolute atomic E-state index is 13.3. The molecule has 0 spiro atoms. The predicted octanol–water partition coefficient (Wildman–Crippen LogP) is 2.29. The average Bonchev–Trinajstić information content (AvgIpc) is 2.18. The number of carbonyl (C=O) groups excluding carboxylic acids is 1. The zero-order valence-corrected chi connectivity index (χ0v) is 8.84. The van der Waals surface area contributed by atoms with Crippen molar-refractivity contribution in [1.82, 2.24) is 0 Å². The summed E-state index contributed by atoms with van der Waals surface area (Å²) < 4.78 is 18.0. The molecular weight excluding hydrogens is 223 g/mol. The number of esters is 1. The molecule has 0 aromatic heterocycles. The normalized spacial score (nSPS) is 10.1. The fraction of sp³-hybridized carbons (Fsp3) is 0.300. The molecule has 0 heterocycles. The van der Waals surface area contributed by atoms with Crippen LogP contribution in [0.15, 0.2) is 12.1 Å². The maximum atomic E-state index is 13.3. The molecule has 0 radical (unpaired) electrons. The van der Waals surface area contributed by atoms with Crippen LogP contribution in [-0.2, 0) is 16.0 Å². The number of aromatic hydroxyl groups is 1. The van der Waals surface area contributed by atoms with Crippen LogP contribution in [0.25, 0.3) is 0 Å². The lowest BCUT2D eigenvalue weighted by Gasteiger charge is -2.06. The van der Waals surface area contributed by atoms with Gasteiger partial charge in [0.15, 0.2) is 11.6 Å². The van der Waals surface area contributed by atoms with Crippen LogP contribution >= 0.6 is 11.6 Å². The van der Waals surface area contributed by atoms with Gasteiger partial charge in [0.1, 0.15) is 0 Å². The van der Waals surface area contributed by atoms with Crippen LogP contribution in [0.4, 0.5) is 4.39 Å². The monoisotopic (exact) mass is 232 g/mol. The zero-order valence-electron chi connectivity index (χ0n) is 8.09. The second-order valence-corrected chi connectivity index (χ2v) is 3.37. The summed E-state index contributed by atoms with van der Waals surface area (Å²) >= 11 is 5.50. The lowest BCUT2D eigenvalue weighted by molar-refractivity contribution is -0.140. The summed E-state index contributed by atoms with van der Waals surface area (Å²) in [5, 5.41) is 9.14. The van der Waals surface area contributed by atoms with Gasteiger partial charge in [-0.2, -0.15) is 0 Å². The molecule has 1 aromatic carbocycles. The molecule has 0 saturated carbocycles. The van der Waals surface area contributed by atoms with Gasteiger partial charge in [0.2, 0.25) is 0 Å². The molecule has 1 rings (SSSR count). The van der Waals surface area contributed by atoms with E-state index in [-0.39, 0.29) is 23.6 Å². The minimum atomic E-state index is -0.769. The maximum Gasteiger partial charge on any atom is 0.302 e. The van der Waals surface area contributed by atoms with Crippen molar-refractivity contribution in [3.05, 3.63) is 28.5 Å². The fourth-order valence-electron chi connectivity index (χ4n) is 1.08. The van der Waals surface area contributed by atoms with Crippen molar-refractivity contribution in [3.63, 3.8) is 0 Å². The standard InChI is InChI=1S/C10H10ClFO3/c1-6(13)15-5-4-7-2-3-8(11)10(14)9(7)12/h2-3,14H,4-5H2,1H3. The minimum Gasteiger partial charge on any atom is -0.504 e. The Hall–Kier alpha value is -1.29. The number of phenols is 1. The number of carbonyl (C=O) groups is 1. The van der Waals surface area contributed by atoms with Crippen LogP contribution in [0.1, 0.15) is 12.5 Å². The molecule has 0 aliphatic carbocycles. The van der Waals surface area contributed by atoms with Crippen molar-refractivity contribution in [1.29, 1.82) is 0 Å². The Morgan fingerprint density at radius 2 is 2.27 bits per heavy atom. The molecule has 0 aliphatic rings. The molecule has 0 unspecified atom stereocenters. The van der Waals surface area contributed by atoms with E-state index in [0.29, 0.717) is 0 Å². The highest BCUT2D eigenvalue weighted by atomic mass is 35.5. The highest BCUT2D eigenvalue weighted by Gasteiger charge is 2.11. The van der Waals surface area contributed by atoms with Crippen molar-refractivity contribution in [2.75, 3.05) is 6.61 Å². The van der Waals surface area contributed by atoms with Gasteiger partial charge in [-0.3, -0.25) is 4.79 Å². The van der Waals surface area contributed by atoms with Gasteiger partial charge in [0.05, 0.1) is 11.6 Å². The number of hydrogen-bond acceptors (Lipinski definition) is 3. The SMILES string of the molecule is CC(=O)OCCc1ccc(Cl)c(O)c1F. The first-order chi connectivity index (χ1) is 7.02. The largest absolute Gasteiger partial charge is 0.504 e. The third-order valence-corrected chi connectivity index (χ3v) is 2.13. The van der Waals surface area contributed by atoms with Crippen LogP contribution in [0.2, 0.25) is 5.02 Å². The van der Waals surface area contributed by atoms with Gasteiger partial charge in [0.25, 0.3) is 0 Å². The summed E-state index contributed by atoms with van der Waals surface area (Å²) in [6.07, 6.45) is 0.205. The Labute approximate surface area is 91.4 Å². The number of halogens is 2. The molecule has 5 heteroatoms. The van der Waals surface area contributed by atoms with Gasteiger partial charge in [-0.05, 0) is 11.6 Å². The van der Waals surface area contributed by atoms with E-state index in [2.05, 4.69) is 4.74 Å². The van der Waals surface area contributed by atoms with Crippen molar-refractivity contribution in [2.24, 2.45) is 0 Å². The lowest BCUT2D eigenvalue weighted by atomic mass is 10.1. The van der Waals surface area contributed by atoms with E-state index >= 15 is 0 Å². The van der Waals surface area contributed by atoms with Crippen LogP contribution in [0, 0.1) is 5.82 Å². The summed E-state index contributed by atoms with van der Waals surface area (Å²) in [4.78, 5) is 10.5. The highest BCUT2D eigenvalue weighted by molar-refractivity contribution is 6.32. The summed E-state index contributed by atoms with van der Waals surface area (Å²) in [6.45, 7) is 1.35. The fourth-order valence-corrected chi connectivity index (χ4v) is 1.23. The van der Waals surface area contributed by atoms with Crippen LogP contribution in [0.3, 0.4) is 0 Å². The van der Waals surface area contributed by atoms with E-state index in [1.54, 1.807) is 0 Å². The molecule has 15 heavy (non-hydrogen) atoms. The van der Waals surface area contributed by atoms with Crippen LogP contribution < -0.4 is 0 Å². The number of benzene rings is 1. The third kappa shape index (κ3) is 3.09. The van der Waals surface area contributed by atoms with Crippen LogP contribution in [0.5, 0.6) is 5.75 Å². The molecule has 0 amide bonds. The van der Waals surface area contributed by atoms with Gasteiger partial charge in [-0.1, -0.05) is 17.7 Å². The Morgan fingerprint density at radius 3 is 2.87 bits per heavy atom. The Morgan fingerprint density at radius 1 is 1.60 bits per heavy atom. The minimum absolute atomic E-state index is 0.0382. The van der Waals surface area contributed by atoms with E-state index in [4.69, 9.17) is 11.6 Å².